The van der Waals surface area contributed by atoms with E-state index in [-0.39, 0.29) is 17.7 Å². The number of carbonyl (C=O) groups is 2. The van der Waals surface area contributed by atoms with Crippen molar-refractivity contribution in [2.75, 3.05) is 25.6 Å². The third-order valence-electron chi connectivity index (χ3n) is 6.35. The minimum atomic E-state index is -0.186. The maximum atomic E-state index is 11.8. The fourth-order valence-corrected chi connectivity index (χ4v) is 4.03. The number of imidazole rings is 1. The van der Waals surface area contributed by atoms with Crippen molar-refractivity contribution in [2.45, 2.75) is 65.8 Å². The van der Waals surface area contributed by atoms with Gasteiger partial charge in [-0.1, -0.05) is 39.3 Å². The highest BCUT2D eigenvalue weighted by atomic mass is 16.5. The molecule has 1 aromatic heterocycles. The minimum Gasteiger partial charge on any atom is -0.494 e. The van der Waals surface area contributed by atoms with E-state index in [9.17, 15) is 9.59 Å². The number of aromatic nitrogens is 2. The largest absolute Gasteiger partial charge is 0.494 e. The SMILES string of the molecule is CCCCc1nc2ccc(NCC(=O)CC)cc2n1Cc1ccc(OCCC(C)CC(=O)OC)cc1. The summed E-state index contributed by atoms with van der Waals surface area (Å²) in [4.78, 5) is 28.1. The highest BCUT2D eigenvalue weighted by Gasteiger charge is 2.13. The Morgan fingerprint density at radius 2 is 1.89 bits per heavy atom. The monoisotopic (exact) mass is 493 g/mol. The van der Waals surface area contributed by atoms with Gasteiger partial charge in [0.15, 0.2) is 5.78 Å². The molecule has 1 heterocycles. The second-order valence-electron chi connectivity index (χ2n) is 9.33. The molecule has 0 saturated heterocycles. The number of nitrogens with zero attached hydrogens (tertiary/aromatic N) is 2. The molecule has 1 N–H and O–H groups in total. The third kappa shape index (κ3) is 7.83. The van der Waals surface area contributed by atoms with Crippen LogP contribution >= 0.6 is 0 Å². The normalized spacial score (nSPS) is 11.9. The lowest BCUT2D eigenvalue weighted by Gasteiger charge is -2.13. The van der Waals surface area contributed by atoms with E-state index in [0.717, 1.165) is 59.5 Å². The van der Waals surface area contributed by atoms with Crippen molar-refractivity contribution < 1.29 is 19.1 Å². The van der Waals surface area contributed by atoms with Gasteiger partial charge in [-0.15, -0.1) is 0 Å². The van der Waals surface area contributed by atoms with Gasteiger partial charge in [-0.3, -0.25) is 9.59 Å². The van der Waals surface area contributed by atoms with Gasteiger partial charge in [0, 0.05) is 31.5 Å². The van der Waals surface area contributed by atoms with E-state index in [4.69, 9.17) is 14.5 Å². The highest BCUT2D eigenvalue weighted by molar-refractivity contribution is 5.84. The van der Waals surface area contributed by atoms with Gasteiger partial charge in [0.1, 0.15) is 11.6 Å². The predicted molar refractivity (Wildman–Crippen MR) is 144 cm³/mol. The Bertz CT molecular complexity index is 1140. The van der Waals surface area contributed by atoms with Gasteiger partial charge in [-0.2, -0.15) is 0 Å². The van der Waals surface area contributed by atoms with Crippen molar-refractivity contribution in [1.29, 1.82) is 0 Å². The van der Waals surface area contributed by atoms with Crippen LogP contribution in [-0.4, -0.2) is 41.6 Å². The van der Waals surface area contributed by atoms with Crippen LogP contribution in [0.25, 0.3) is 11.0 Å². The number of methoxy groups -OCH3 is 1. The number of benzene rings is 2. The van der Waals surface area contributed by atoms with Crippen molar-refractivity contribution in [2.24, 2.45) is 5.92 Å². The number of anilines is 1. The van der Waals surface area contributed by atoms with E-state index >= 15 is 0 Å². The lowest BCUT2D eigenvalue weighted by molar-refractivity contribution is -0.141. The Kier molecular flexibility index (Phi) is 10.3. The zero-order valence-corrected chi connectivity index (χ0v) is 22.0. The van der Waals surface area contributed by atoms with E-state index in [1.807, 2.05) is 38.1 Å². The second kappa shape index (κ2) is 13.7. The van der Waals surface area contributed by atoms with Crippen LogP contribution in [0.2, 0.25) is 0 Å². The van der Waals surface area contributed by atoms with Crippen molar-refractivity contribution in [3.63, 3.8) is 0 Å². The molecule has 7 heteroatoms. The molecule has 36 heavy (non-hydrogen) atoms. The molecule has 1 atom stereocenters. The zero-order chi connectivity index (χ0) is 25.9. The van der Waals surface area contributed by atoms with Crippen LogP contribution in [0.4, 0.5) is 5.69 Å². The molecule has 1 unspecified atom stereocenters. The molecule has 7 nitrogen and oxygen atoms in total. The number of ether oxygens (including phenoxy) is 2. The van der Waals surface area contributed by atoms with Crippen LogP contribution in [0.5, 0.6) is 5.75 Å². The summed E-state index contributed by atoms with van der Waals surface area (Å²) >= 11 is 0. The van der Waals surface area contributed by atoms with Gasteiger partial charge < -0.3 is 19.4 Å². The predicted octanol–water partition coefficient (Wildman–Crippen LogP) is 5.79. The van der Waals surface area contributed by atoms with E-state index in [1.54, 1.807) is 0 Å². The van der Waals surface area contributed by atoms with Gasteiger partial charge in [0.2, 0.25) is 0 Å². The summed E-state index contributed by atoms with van der Waals surface area (Å²) < 4.78 is 12.9. The maximum Gasteiger partial charge on any atom is 0.305 e. The first-order valence-corrected chi connectivity index (χ1v) is 13.0. The summed E-state index contributed by atoms with van der Waals surface area (Å²) in [7, 11) is 1.41. The number of fused-ring (bicyclic) bond motifs is 1. The molecule has 2 aromatic carbocycles. The first kappa shape index (κ1) is 27.2. The van der Waals surface area contributed by atoms with Crippen LogP contribution in [0.1, 0.15) is 64.3 Å². The number of nitrogens with one attached hydrogen (secondary N) is 1. The number of carbonyl (C=O) groups excluding carboxylic acids is 2. The number of ketones is 1. The Labute approximate surface area is 214 Å². The Morgan fingerprint density at radius 3 is 2.58 bits per heavy atom. The van der Waals surface area contributed by atoms with Gasteiger partial charge in [0.25, 0.3) is 0 Å². The molecule has 0 fully saturated rings. The van der Waals surface area contributed by atoms with Crippen LogP contribution in [0.15, 0.2) is 42.5 Å². The molecule has 3 rings (SSSR count). The second-order valence-corrected chi connectivity index (χ2v) is 9.33. The summed E-state index contributed by atoms with van der Waals surface area (Å²) in [6.45, 7) is 7.70. The maximum absolute atomic E-state index is 11.8. The van der Waals surface area contributed by atoms with Gasteiger partial charge in [-0.25, -0.2) is 4.98 Å². The molecular formula is C29H39N3O4. The summed E-state index contributed by atoms with van der Waals surface area (Å²) in [5.74, 6) is 2.11. The smallest absolute Gasteiger partial charge is 0.305 e. The molecule has 0 amide bonds. The summed E-state index contributed by atoms with van der Waals surface area (Å²) in [6.07, 6.45) is 4.84. The Hall–Kier alpha value is -3.35. The van der Waals surface area contributed by atoms with Crippen LogP contribution in [0.3, 0.4) is 0 Å². The molecule has 0 saturated carbocycles. The number of hydrogen-bond donors (Lipinski definition) is 1. The molecule has 0 radical (unpaired) electrons. The topological polar surface area (TPSA) is 82.5 Å². The standard InChI is InChI=1S/C29H39N3O4/c1-5-7-8-28-31-26-14-11-23(30-19-24(33)6-2)18-27(26)32(28)20-22-9-12-25(13-10-22)36-16-15-21(3)17-29(34)35-4/h9-14,18,21,30H,5-8,15-17,19-20H2,1-4H3. The van der Waals surface area contributed by atoms with Crippen molar-refractivity contribution >= 4 is 28.5 Å². The summed E-state index contributed by atoms with van der Waals surface area (Å²) in [5, 5.41) is 3.25. The zero-order valence-electron chi connectivity index (χ0n) is 22.0. The first-order valence-electron chi connectivity index (χ1n) is 13.0. The van der Waals surface area contributed by atoms with Gasteiger partial charge >= 0.3 is 5.97 Å². The molecule has 194 valence electrons. The lowest BCUT2D eigenvalue weighted by Crippen LogP contribution is -2.12. The third-order valence-corrected chi connectivity index (χ3v) is 6.35. The number of hydrogen-bond acceptors (Lipinski definition) is 6. The average Bonchev–Trinajstić information content (AvgIpc) is 3.23. The molecule has 0 aliphatic heterocycles. The average molecular weight is 494 g/mol. The molecular weight excluding hydrogens is 454 g/mol. The lowest BCUT2D eigenvalue weighted by atomic mass is 10.1. The molecule has 0 aliphatic carbocycles. The highest BCUT2D eigenvalue weighted by Crippen LogP contribution is 2.24. The number of aryl methyl sites for hydroxylation is 1. The summed E-state index contributed by atoms with van der Waals surface area (Å²) in [6, 6.07) is 14.3. The van der Waals surface area contributed by atoms with Crippen LogP contribution in [-0.2, 0) is 27.3 Å². The summed E-state index contributed by atoms with van der Waals surface area (Å²) in [5.41, 5.74) is 4.13. The number of rotatable bonds is 15. The van der Waals surface area contributed by atoms with E-state index < -0.39 is 0 Å². The fourth-order valence-electron chi connectivity index (χ4n) is 4.03. The quantitative estimate of drug-likeness (QED) is 0.270. The van der Waals surface area contributed by atoms with Crippen molar-refractivity contribution in [3.8, 4) is 5.75 Å². The Morgan fingerprint density at radius 1 is 1.11 bits per heavy atom. The van der Waals surface area contributed by atoms with Gasteiger partial charge in [0.05, 0.1) is 31.3 Å². The molecule has 0 aliphatic rings. The van der Waals surface area contributed by atoms with Gasteiger partial charge in [-0.05, 0) is 54.7 Å². The number of esters is 1. The van der Waals surface area contributed by atoms with E-state index in [0.29, 0.717) is 32.5 Å². The Balaban J connectivity index is 1.70. The van der Waals surface area contributed by atoms with Crippen LogP contribution < -0.4 is 10.1 Å². The number of unbranched alkanes of at least 4 members (excludes halogenated alkanes) is 1. The van der Waals surface area contributed by atoms with E-state index in [2.05, 4.69) is 35.0 Å². The minimum absolute atomic E-state index is 0.186. The number of Topliss-reactive ketones (excluding diaryl/α,β-unsaturated/α-hetero) is 1. The van der Waals surface area contributed by atoms with Crippen molar-refractivity contribution in [3.05, 3.63) is 53.9 Å². The first-order chi connectivity index (χ1) is 17.4. The molecule has 3 aromatic rings. The van der Waals surface area contributed by atoms with E-state index in [1.165, 1.54) is 7.11 Å². The van der Waals surface area contributed by atoms with Crippen LogP contribution in [0, 0.1) is 5.92 Å². The molecule has 0 bridgehead atoms. The molecule has 0 spiro atoms. The fraction of sp³-hybridized carbons (Fsp3) is 0.483. The van der Waals surface area contributed by atoms with Crippen molar-refractivity contribution in [1.82, 2.24) is 9.55 Å².